The first-order chi connectivity index (χ1) is 61.3. The van der Waals surface area contributed by atoms with Gasteiger partial charge in [0.05, 0.1) is 0 Å². The summed E-state index contributed by atoms with van der Waals surface area (Å²) in [5, 5.41) is 0. The minimum absolute atomic E-state index is 0.987. The van der Waals surface area contributed by atoms with Crippen LogP contribution < -0.4 is 0 Å². The van der Waals surface area contributed by atoms with E-state index in [4.69, 9.17) is 0 Å². The van der Waals surface area contributed by atoms with E-state index >= 15 is 0 Å². The molecule has 606 valence electrons. The molecule has 5 heteroatoms. The van der Waals surface area contributed by atoms with Gasteiger partial charge in [0.2, 0.25) is 0 Å². The molecule has 0 spiro atoms. The van der Waals surface area contributed by atoms with Crippen molar-refractivity contribution in [2.75, 3.05) is 35.2 Å². The maximum atomic E-state index is 4.04. The van der Waals surface area contributed by atoms with E-state index in [-0.39, 0.29) is 0 Å². The average molecular weight is 1630 g/mol. The lowest BCUT2D eigenvalue weighted by atomic mass is 9.93. The molecule has 5 nitrogen and oxygen atoms in total. The van der Waals surface area contributed by atoms with Gasteiger partial charge in [-0.05, 0) is 372 Å². The van der Waals surface area contributed by atoms with Crippen molar-refractivity contribution in [1.29, 1.82) is 0 Å². The van der Waals surface area contributed by atoms with Crippen LogP contribution in [0.5, 0.6) is 0 Å². The van der Waals surface area contributed by atoms with Gasteiger partial charge >= 0.3 is 30.3 Å². The third kappa shape index (κ3) is 26.3. The fourth-order valence-corrected chi connectivity index (χ4v) is 14.9. The molecule has 15 aromatic carbocycles. The number of rotatable bonds is 10. The Labute approximate surface area is 748 Å². The molecule has 0 bridgehead atoms. The van der Waals surface area contributed by atoms with Crippen LogP contribution in [0.1, 0.15) is 124 Å². The van der Waals surface area contributed by atoms with Crippen LogP contribution in [-0.2, 0) is 0 Å². The molecule has 0 saturated heterocycles. The van der Waals surface area contributed by atoms with Crippen molar-refractivity contribution in [3.8, 4) is 201 Å². The Kier molecular flexibility index (Phi) is 32.8. The molecule has 0 unspecified atom stereocenters. The van der Waals surface area contributed by atoms with Gasteiger partial charge in [-0.15, -0.1) is 29.6 Å². The first kappa shape index (κ1) is 90.3. The highest BCUT2D eigenvalue weighted by molar-refractivity contribution is 5.81. The van der Waals surface area contributed by atoms with Crippen molar-refractivity contribution < 1.29 is 0 Å². The van der Waals surface area contributed by atoms with Crippen LogP contribution in [0.4, 0.5) is 0 Å². The van der Waals surface area contributed by atoms with Gasteiger partial charge < -0.3 is 0 Å². The smallest absolute Gasteiger partial charge is 0.101 e. The van der Waals surface area contributed by atoms with Crippen LogP contribution in [0.15, 0.2) is 328 Å². The van der Waals surface area contributed by atoms with Crippen LogP contribution in [0.3, 0.4) is 0 Å². The van der Waals surface area contributed by atoms with Gasteiger partial charge in [0.25, 0.3) is 35.2 Å². The van der Waals surface area contributed by atoms with Gasteiger partial charge in [0.1, 0.15) is 27.8 Å². The Morgan fingerprint density at radius 3 is 0.540 bits per heavy atom. The largest absolute Gasteiger partial charge is 0.310 e. The Morgan fingerprint density at radius 2 is 0.286 bits per heavy atom. The molecule has 0 aliphatic carbocycles. The SMILES string of the molecule is CC#Cc1cc(C)cc(-c2cc(C)cc(-c3cc(C)cc(C#[N+]C)c3)c2)c1.CC#Cc1cc(C)cc(-c2cccc(-c3cccc(C#[N+]C)c3)c2)c1.CC#Cc1cccc(-c2cc(C)cc(-c3cccc(C#[N+]C)c3)c2)c1.CC#Cc1cccc(-c2cccc(-c3cc(C)cc(C#[N+]C)c3)c2)c1.CC#Cc1cccc(-c2cccc(-c3cccc(C#[N+]C)c3)c2)c1. The fraction of sp³-hybridized carbons (Fsp3) is 0.132. The summed E-state index contributed by atoms with van der Waals surface area (Å²) in [7, 11) is 8.71. The summed E-state index contributed by atoms with van der Waals surface area (Å²) < 4.78 is 0. The normalized spacial score (nSPS) is 9.59. The molecule has 0 radical (unpaired) electrons. The topological polar surface area (TPSA) is 21.8 Å². The summed E-state index contributed by atoms with van der Waals surface area (Å²) in [6.07, 6.45) is 0. The minimum Gasteiger partial charge on any atom is -0.101 e. The number of benzene rings is 15. The zero-order valence-electron chi connectivity index (χ0n) is 74.9. The van der Waals surface area contributed by atoms with Crippen molar-refractivity contribution >= 4 is 0 Å². The van der Waals surface area contributed by atoms with E-state index in [9.17, 15) is 0 Å². The molecule has 0 heterocycles. The molecular weight excluding hydrogens is 1520 g/mol. The Morgan fingerprint density at radius 1 is 0.143 bits per heavy atom. The van der Waals surface area contributed by atoms with Crippen molar-refractivity contribution in [1.82, 2.24) is 0 Å². The quantitative estimate of drug-likeness (QED) is 0.122. The van der Waals surface area contributed by atoms with E-state index in [1.165, 1.54) is 134 Å². The summed E-state index contributed by atoms with van der Waals surface area (Å²) in [6, 6.07) is 130. The minimum atomic E-state index is 0.987. The van der Waals surface area contributed by atoms with E-state index in [1.54, 1.807) is 35.2 Å². The summed E-state index contributed by atoms with van der Waals surface area (Å²) in [5.74, 6) is 30.6. The summed E-state index contributed by atoms with van der Waals surface area (Å²) in [4.78, 5) is 20.0. The van der Waals surface area contributed by atoms with Crippen LogP contribution in [0.2, 0.25) is 0 Å². The predicted octanol–water partition coefficient (Wildman–Crippen LogP) is 30.4. The van der Waals surface area contributed by atoms with Crippen molar-refractivity contribution in [2.24, 2.45) is 0 Å². The maximum Gasteiger partial charge on any atom is 0.310 e. The molecule has 0 N–H and O–H groups in total. The Hall–Kier alpha value is -16.5. The van der Waals surface area contributed by atoms with Gasteiger partial charge in [0, 0.05) is 27.8 Å². The van der Waals surface area contributed by atoms with Gasteiger partial charge in [-0.2, -0.15) is 0 Å². The Balaban J connectivity index is 0.000000153. The molecule has 0 aliphatic heterocycles. The molecular formula is C121H102N5+5. The van der Waals surface area contributed by atoms with Crippen LogP contribution in [-0.4, -0.2) is 35.2 Å². The number of hydrogen-bond donors (Lipinski definition) is 0. The van der Waals surface area contributed by atoms with Crippen molar-refractivity contribution in [3.05, 3.63) is 441 Å². The van der Waals surface area contributed by atoms with Gasteiger partial charge in [-0.1, -0.05) is 230 Å². The predicted molar refractivity (Wildman–Crippen MR) is 539 cm³/mol. The monoisotopic (exact) mass is 1620 g/mol. The zero-order valence-corrected chi connectivity index (χ0v) is 74.9. The maximum absolute atomic E-state index is 4.04. The highest BCUT2D eigenvalue weighted by Crippen LogP contribution is 2.36. The summed E-state index contributed by atoms with van der Waals surface area (Å²) >= 11 is 0. The highest BCUT2D eigenvalue weighted by atomic mass is 14.6. The Bertz CT molecular complexity index is 6820. The van der Waals surface area contributed by atoms with E-state index in [2.05, 4.69) is 428 Å². The average Bonchev–Trinajstić information content (AvgIpc) is 0.848. The second kappa shape index (κ2) is 45.8. The number of aryl methyl sites for hydroxylation is 6. The standard InChI is InChI=1S/C26H24N.3C24H20N.C23H18N/c1-6-7-21-8-18(2)10-23(14-21)25-12-20(4)13-26(16-25)24-11-19(3)9-22(15-24)17-27-5;1-4-7-19-8-5-10-21(14-19)23-12-18(2)13-24(16-23)22-11-6-9-20(15-22)17-25-3;1-4-7-19-12-18(2)13-24(14-19)23-11-6-10-22(16-23)21-9-5-8-20(15-21)17-25-3;1-4-7-19-8-5-9-21(14-19)22-10-6-11-23(16-22)24-13-18(2)12-20(15-24)17-25-3;1-3-7-18-8-4-10-20(14-18)22-12-6-13-23(16-22)21-11-5-9-19(15-21)17-24-2/h8-16H,1-5H3;3*5-6,8-16H,1-3H3;4-6,8-16H,1-2H3/q5*+1. The molecule has 126 heavy (non-hydrogen) atoms. The molecule has 0 atom stereocenters. The molecule has 0 saturated carbocycles. The number of hydrogen-bond acceptors (Lipinski definition) is 0. The molecule has 0 fully saturated rings. The van der Waals surface area contributed by atoms with Gasteiger partial charge in [0.15, 0.2) is 0 Å². The van der Waals surface area contributed by atoms with Crippen molar-refractivity contribution in [2.45, 2.75) is 76.2 Å². The van der Waals surface area contributed by atoms with Crippen LogP contribution >= 0.6 is 0 Å². The lowest BCUT2D eigenvalue weighted by Crippen LogP contribution is -1.89. The van der Waals surface area contributed by atoms with Gasteiger partial charge in [-0.3, -0.25) is 0 Å². The van der Waals surface area contributed by atoms with E-state index < -0.39 is 0 Å². The van der Waals surface area contributed by atoms with E-state index in [1.807, 2.05) is 89.2 Å². The van der Waals surface area contributed by atoms with Crippen LogP contribution in [0, 0.1) is 131 Å². The third-order valence-electron chi connectivity index (χ3n) is 20.1. The molecule has 15 aromatic rings. The third-order valence-corrected chi connectivity index (χ3v) is 20.1. The lowest BCUT2D eigenvalue weighted by Gasteiger charge is -2.11. The lowest BCUT2D eigenvalue weighted by molar-refractivity contribution is 1.41. The van der Waals surface area contributed by atoms with Crippen LogP contribution in [0.25, 0.3) is 135 Å². The van der Waals surface area contributed by atoms with Crippen molar-refractivity contribution in [3.63, 3.8) is 0 Å². The van der Waals surface area contributed by atoms with E-state index in [0.29, 0.717) is 0 Å². The zero-order chi connectivity index (χ0) is 89.1. The highest BCUT2D eigenvalue weighted by Gasteiger charge is 2.14. The summed E-state index contributed by atoms with van der Waals surface area (Å²) in [6.45, 7) is 22.0. The fourth-order valence-electron chi connectivity index (χ4n) is 14.9. The molecule has 0 aliphatic rings. The first-order valence-corrected chi connectivity index (χ1v) is 41.9. The molecule has 0 aromatic heterocycles. The number of nitrogens with zero attached hydrogens (tertiary/aromatic N) is 5. The van der Waals surface area contributed by atoms with Gasteiger partial charge in [-0.25, -0.2) is 0 Å². The van der Waals surface area contributed by atoms with E-state index in [0.717, 1.165) is 66.8 Å². The molecule has 0 amide bonds. The second-order valence-corrected chi connectivity index (χ2v) is 30.3. The molecule has 15 rings (SSSR count). The first-order valence-electron chi connectivity index (χ1n) is 41.9. The summed E-state index contributed by atoms with van der Waals surface area (Å²) in [5.41, 5.74) is 41.2. The second-order valence-electron chi connectivity index (χ2n) is 30.3.